The summed E-state index contributed by atoms with van der Waals surface area (Å²) < 4.78 is 0. The number of fused-ring (bicyclic) bond motifs is 1. The molecule has 1 aliphatic heterocycles. The van der Waals surface area contributed by atoms with Crippen LogP contribution in [0.3, 0.4) is 0 Å². The summed E-state index contributed by atoms with van der Waals surface area (Å²) in [7, 11) is 0. The summed E-state index contributed by atoms with van der Waals surface area (Å²) in [6.45, 7) is 0. The van der Waals surface area contributed by atoms with Crippen LogP contribution in [-0.4, -0.2) is 29.9 Å². The van der Waals surface area contributed by atoms with E-state index in [0.717, 1.165) is 25.7 Å². The number of halogens is 2. The molecule has 0 aromatic heterocycles. The fraction of sp³-hybridized carbons (Fsp3) is 0.500. The predicted molar refractivity (Wildman–Crippen MR) is 90.8 cm³/mol. The summed E-state index contributed by atoms with van der Waals surface area (Å²) in [4.78, 5) is 24.4. The topological polar surface area (TPSA) is 70.2 Å². The highest BCUT2D eigenvalue weighted by Crippen LogP contribution is 2.26. The standard InChI is InChI=1S/C16H19Cl2N3O2/c17-9-5-6-10(18)13(7-9)20-15(22)8-14-16(23)21-12-4-2-1-3-11(12)19-14/h5-7,11-12,14,19H,1-4,8H2,(H,20,22)(H,21,23)/t11-,12+,14-/m0/s1. The third kappa shape index (κ3) is 3.97. The quantitative estimate of drug-likeness (QED) is 0.780. The fourth-order valence-corrected chi connectivity index (χ4v) is 3.59. The van der Waals surface area contributed by atoms with Crippen molar-refractivity contribution in [3.63, 3.8) is 0 Å². The van der Waals surface area contributed by atoms with E-state index in [1.165, 1.54) is 0 Å². The third-order valence-electron chi connectivity index (χ3n) is 4.42. The van der Waals surface area contributed by atoms with E-state index >= 15 is 0 Å². The van der Waals surface area contributed by atoms with E-state index < -0.39 is 6.04 Å². The van der Waals surface area contributed by atoms with Gasteiger partial charge in [-0.15, -0.1) is 0 Å². The Morgan fingerprint density at radius 1 is 1.22 bits per heavy atom. The second-order valence-electron chi connectivity index (χ2n) is 6.10. The minimum atomic E-state index is -0.507. The summed E-state index contributed by atoms with van der Waals surface area (Å²) in [6, 6.07) is 4.81. The number of hydrogen-bond acceptors (Lipinski definition) is 3. The normalized spacial score (nSPS) is 27.0. The van der Waals surface area contributed by atoms with Gasteiger partial charge in [0.1, 0.15) is 0 Å². The molecule has 3 atom stereocenters. The number of rotatable bonds is 3. The highest BCUT2D eigenvalue weighted by atomic mass is 35.5. The van der Waals surface area contributed by atoms with Crippen molar-refractivity contribution < 1.29 is 9.59 Å². The van der Waals surface area contributed by atoms with Crippen LogP contribution in [0.25, 0.3) is 0 Å². The van der Waals surface area contributed by atoms with Crippen LogP contribution >= 0.6 is 23.2 Å². The smallest absolute Gasteiger partial charge is 0.237 e. The molecule has 0 spiro atoms. The van der Waals surface area contributed by atoms with Gasteiger partial charge in [0.2, 0.25) is 11.8 Å². The van der Waals surface area contributed by atoms with Crippen LogP contribution in [0.5, 0.6) is 0 Å². The monoisotopic (exact) mass is 355 g/mol. The molecular weight excluding hydrogens is 337 g/mol. The molecule has 1 aromatic carbocycles. The van der Waals surface area contributed by atoms with Gasteiger partial charge in [-0.2, -0.15) is 0 Å². The van der Waals surface area contributed by atoms with E-state index in [1.807, 2.05) is 0 Å². The maximum Gasteiger partial charge on any atom is 0.237 e. The first-order valence-electron chi connectivity index (χ1n) is 7.84. The van der Waals surface area contributed by atoms with Crippen LogP contribution < -0.4 is 16.0 Å². The Balaban J connectivity index is 1.61. The van der Waals surface area contributed by atoms with Crippen molar-refractivity contribution in [2.24, 2.45) is 0 Å². The molecule has 1 saturated carbocycles. The second-order valence-corrected chi connectivity index (χ2v) is 6.95. The second kappa shape index (κ2) is 7.07. The Kier molecular flexibility index (Phi) is 5.09. The summed E-state index contributed by atoms with van der Waals surface area (Å²) in [6.07, 6.45) is 4.39. The van der Waals surface area contributed by atoms with Crippen molar-refractivity contribution >= 4 is 40.7 Å². The summed E-state index contributed by atoms with van der Waals surface area (Å²) in [5, 5.41) is 9.96. The van der Waals surface area contributed by atoms with E-state index in [1.54, 1.807) is 18.2 Å². The zero-order chi connectivity index (χ0) is 16.4. The summed E-state index contributed by atoms with van der Waals surface area (Å²) >= 11 is 11.9. The average Bonchev–Trinajstić information content (AvgIpc) is 2.51. The van der Waals surface area contributed by atoms with Crippen LogP contribution in [-0.2, 0) is 9.59 Å². The molecule has 5 nitrogen and oxygen atoms in total. The highest BCUT2D eigenvalue weighted by molar-refractivity contribution is 6.35. The molecule has 7 heteroatoms. The third-order valence-corrected chi connectivity index (χ3v) is 4.98. The molecule has 3 N–H and O–H groups in total. The van der Waals surface area contributed by atoms with Crippen molar-refractivity contribution in [2.75, 3.05) is 5.32 Å². The first-order valence-corrected chi connectivity index (χ1v) is 8.60. The van der Waals surface area contributed by atoms with Crippen molar-refractivity contribution in [3.8, 4) is 0 Å². The molecule has 2 fully saturated rings. The van der Waals surface area contributed by atoms with E-state index in [9.17, 15) is 9.59 Å². The number of anilines is 1. The minimum Gasteiger partial charge on any atom is -0.350 e. The van der Waals surface area contributed by atoms with Crippen LogP contribution in [0.15, 0.2) is 18.2 Å². The lowest BCUT2D eigenvalue weighted by Gasteiger charge is -2.40. The minimum absolute atomic E-state index is 0.0674. The number of hydrogen-bond donors (Lipinski definition) is 3. The van der Waals surface area contributed by atoms with Gasteiger partial charge in [-0.3, -0.25) is 9.59 Å². The molecule has 0 radical (unpaired) electrons. The first-order chi connectivity index (χ1) is 11.0. The van der Waals surface area contributed by atoms with Gasteiger partial charge in [0.05, 0.1) is 23.2 Å². The summed E-state index contributed by atoms with van der Waals surface area (Å²) in [5.41, 5.74) is 0.455. The van der Waals surface area contributed by atoms with Crippen molar-refractivity contribution in [3.05, 3.63) is 28.2 Å². The highest BCUT2D eigenvalue weighted by Gasteiger charge is 2.36. The zero-order valence-corrected chi connectivity index (χ0v) is 14.1. The molecule has 0 bridgehead atoms. The van der Waals surface area contributed by atoms with E-state index in [4.69, 9.17) is 23.2 Å². The Hall–Kier alpha value is -1.30. The molecule has 23 heavy (non-hydrogen) atoms. The van der Waals surface area contributed by atoms with E-state index in [2.05, 4.69) is 16.0 Å². The van der Waals surface area contributed by atoms with E-state index in [-0.39, 0.29) is 30.3 Å². The lowest BCUT2D eigenvalue weighted by Crippen LogP contribution is -2.65. The van der Waals surface area contributed by atoms with Crippen molar-refractivity contribution in [2.45, 2.75) is 50.2 Å². The Bertz CT molecular complexity index is 623. The van der Waals surface area contributed by atoms with E-state index in [0.29, 0.717) is 15.7 Å². The van der Waals surface area contributed by atoms with Gasteiger partial charge in [-0.25, -0.2) is 0 Å². The molecule has 1 aliphatic carbocycles. The Morgan fingerprint density at radius 3 is 2.74 bits per heavy atom. The fourth-order valence-electron chi connectivity index (χ4n) is 3.25. The maximum atomic E-state index is 12.2. The van der Waals surface area contributed by atoms with Crippen molar-refractivity contribution in [1.82, 2.24) is 10.6 Å². The van der Waals surface area contributed by atoms with Gasteiger partial charge in [-0.05, 0) is 31.0 Å². The predicted octanol–water partition coefficient (Wildman–Crippen LogP) is 2.72. The van der Waals surface area contributed by atoms with Crippen LogP contribution in [0.4, 0.5) is 5.69 Å². The molecule has 1 heterocycles. The van der Waals surface area contributed by atoms with Gasteiger partial charge in [0.15, 0.2) is 0 Å². The molecule has 3 rings (SSSR count). The summed E-state index contributed by atoms with van der Waals surface area (Å²) in [5.74, 6) is -0.378. The van der Waals surface area contributed by atoms with Crippen LogP contribution in [0, 0.1) is 0 Å². The van der Waals surface area contributed by atoms with Gasteiger partial charge in [0.25, 0.3) is 0 Å². The Morgan fingerprint density at radius 2 is 1.96 bits per heavy atom. The van der Waals surface area contributed by atoms with Gasteiger partial charge in [-0.1, -0.05) is 36.0 Å². The number of piperazine rings is 1. The number of carbonyl (C=O) groups excluding carboxylic acids is 2. The average molecular weight is 356 g/mol. The van der Waals surface area contributed by atoms with Crippen LogP contribution in [0.2, 0.25) is 10.0 Å². The van der Waals surface area contributed by atoms with Crippen LogP contribution in [0.1, 0.15) is 32.1 Å². The van der Waals surface area contributed by atoms with Gasteiger partial charge >= 0.3 is 0 Å². The largest absolute Gasteiger partial charge is 0.350 e. The molecule has 1 saturated heterocycles. The van der Waals surface area contributed by atoms with Gasteiger partial charge < -0.3 is 16.0 Å². The Labute approximate surface area is 145 Å². The molecule has 2 aliphatic rings. The molecule has 124 valence electrons. The first kappa shape index (κ1) is 16.6. The molecule has 1 aromatic rings. The maximum absolute atomic E-state index is 12.2. The SMILES string of the molecule is O=C(C[C@@H]1N[C@H]2CCCC[C@H]2NC1=O)Nc1cc(Cl)ccc1Cl. The number of carbonyl (C=O) groups is 2. The zero-order valence-electron chi connectivity index (χ0n) is 12.6. The van der Waals surface area contributed by atoms with Crippen molar-refractivity contribution in [1.29, 1.82) is 0 Å². The number of benzene rings is 1. The lowest BCUT2D eigenvalue weighted by molar-refractivity contribution is -0.129. The lowest BCUT2D eigenvalue weighted by atomic mass is 9.87. The number of amides is 2. The number of nitrogens with one attached hydrogen (secondary N) is 3. The molecular formula is C16H19Cl2N3O2. The van der Waals surface area contributed by atoms with Gasteiger partial charge in [0, 0.05) is 17.1 Å². The molecule has 0 unspecified atom stereocenters. The molecule has 2 amide bonds.